The van der Waals surface area contributed by atoms with Gasteiger partial charge in [0, 0.05) is 17.6 Å². The smallest absolute Gasteiger partial charge is 0.228 e. The zero-order valence-electron chi connectivity index (χ0n) is 10.2. The summed E-state index contributed by atoms with van der Waals surface area (Å²) < 4.78 is 0. The molecule has 1 heterocycles. The number of benzene rings is 1. The lowest BCUT2D eigenvalue weighted by Crippen LogP contribution is -2.26. The molecule has 18 heavy (non-hydrogen) atoms. The van der Waals surface area contributed by atoms with Crippen LogP contribution < -0.4 is 11.1 Å². The SMILES string of the molecule is CNC(=O)C(Cc1ccc(N)cc1)c1cccs1. The van der Waals surface area contributed by atoms with Crippen molar-refractivity contribution < 1.29 is 4.79 Å². The van der Waals surface area contributed by atoms with E-state index in [1.54, 1.807) is 18.4 Å². The second kappa shape index (κ2) is 5.69. The van der Waals surface area contributed by atoms with Crippen LogP contribution in [0.15, 0.2) is 41.8 Å². The van der Waals surface area contributed by atoms with Gasteiger partial charge in [-0.3, -0.25) is 4.79 Å². The van der Waals surface area contributed by atoms with Crippen LogP contribution in [0.25, 0.3) is 0 Å². The van der Waals surface area contributed by atoms with Crippen LogP contribution in [-0.4, -0.2) is 13.0 Å². The Kier molecular flexibility index (Phi) is 3.99. The summed E-state index contributed by atoms with van der Waals surface area (Å²) in [6, 6.07) is 11.6. The molecule has 0 bridgehead atoms. The number of likely N-dealkylation sites (N-methyl/N-ethyl adjacent to an activating group) is 1. The first kappa shape index (κ1) is 12.6. The van der Waals surface area contributed by atoms with E-state index < -0.39 is 0 Å². The molecule has 1 unspecified atom stereocenters. The first-order valence-corrected chi connectivity index (χ1v) is 6.68. The highest BCUT2D eigenvalue weighted by molar-refractivity contribution is 7.10. The lowest BCUT2D eigenvalue weighted by Gasteiger charge is -2.14. The molecule has 0 aliphatic heterocycles. The molecule has 0 aliphatic rings. The Bertz CT molecular complexity index is 505. The van der Waals surface area contributed by atoms with Crippen molar-refractivity contribution in [1.29, 1.82) is 0 Å². The average Bonchev–Trinajstić information content (AvgIpc) is 2.91. The second-order valence-electron chi connectivity index (χ2n) is 4.13. The summed E-state index contributed by atoms with van der Waals surface area (Å²) in [7, 11) is 1.67. The molecule has 3 nitrogen and oxygen atoms in total. The minimum absolute atomic E-state index is 0.0503. The van der Waals surface area contributed by atoms with Crippen LogP contribution >= 0.6 is 11.3 Å². The van der Waals surface area contributed by atoms with Crippen molar-refractivity contribution >= 4 is 22.9 Å². The Balaban J connectivity index is 2.20. The van der Waals surface area contributed by atoms with E-state index in [0.717, 1.165) is 16.1 Å². The van der Waals surface area contributed by atoms with E-state index in [0.29, 0.717) is 6.42 Å². The molecule has 0 saturated carbocycles. The summed E-state index contributed by atoms with van der Waals surface area (Å²) in [6.07, 6.45) is 0.695. The van der Waals surface area contributed by atoms with E-state index in [-0.39, 0.29) is 11.8 Å². The van der Waals surface area contributed by atoms with Crippen molar-refractivity contribution in [2.75, 3.05) is 12.8 Å². The number of amides is 1. The minimum Gasteiger partial charge on any atom is -0.399 e. The standard InChI is InChI=1S/C14H16N2OS/c1-16-14(17)12(13-3-2-8-18-13)9-10-4-6-11(15)7-5-10/h2-8,12H,9,15H2,1H3,(H,16,17). The highest BCUT2D eigenvalue weighted by Gasteiger charge is 2.20. The van der Waals surface area contributed by atoms with Crippen molar-refractivity contribution in [2.24, 2.45) is 0 Å². The molecule has 2 aromatic rings. The Labute approximate surface area is 111 Å². The summed E-state index contributed by atoms with van der Waals surface area (Å²) >= 11 is 1.61. The maximum atomic E-state index is 12.0. The molecule has 4 heteroatoms. The van der Waals surface area contributed by atoms with Crippen molar-refractivity contribution in [3.8, 4) is 0 Å². The number of nitrogen functional groups attached to an aromatic ring is 1. The fourth-order valence-corrected chi connectivity index (χ4v) is 2.70. The third-order valence-electron chi connectivity index (χ3n) is 2.87. The number of carbonyl (C=O) groups is 1. The van der Waals surface area contributed by atoms with Crippen LogP contribution in [0.2, 0.25) is 0 Å². The summed E-state index contributed by atoms with van der Waals surface area (Å²) in [5.74, 6) is -0.0760. The van der Waals surface area contributed by atoms with Gasteiger partial charge in [0.15, 0.2) is 0 Å². The number of carbonyl (C=O) groups excluding carboxylic acids is 1. The molecular formula is C14H16N2OS. The van der Waals surface area contributed by atoms with Gasteiger partial charge in [0.05, 0.1) is 5.92 Å². The van der Waals surface area contributed by atoms with Gasteiger partial charge in [0.1, 0.15) is 0 Å². The molecule has 1 aromatic carbocycles. The van der Waals surface area contributed by atoms with Gasteiger partial charge in [0.25, 0.3) is 0 Å². The molecule has 94 valence electrons. The number of nitrogens with two attached hydrogens (primary N) is 1. The predicted molar refractivity (Wildman–Crippen MR) is 75.7 cm³/mol. The molecule has 0 spiro atoms. The van der Waals surface area contributed by atoms with Gasteiger partial charge >= 0.3 is 0 Å². The Morgan fingerprint density at radius 2 is 2.06 bits per heavy atom. The van der Waals surface area contributed by atoms with Crippen molar-refractivity contribution in [1.82, 2.24) is 5.32 Å². The molecule has 0 saturated heterocycles. The molecule has 0 aliphatic carbocycles. The first-order chi connectivity index (χ1) is 8.70. The van der Waals surface area contributed by atoms with E-state index in [4.69, 9.17) is 5.73 Å². The Morgan fingerprint density at radius 1 is 1.33 bits per heavy atom. The van der Waals surface area contributed by atoms with Crippen LogP contribution in [0, 0.1) is 0 Å². The van der Waals surface area contributed by atoms with Crippen LogP contribution in [0.3, 0.4) is 0 Å². The van der Waals surface area contributed by atoms with E-state index in [1.807, 2.05) is 41.8 Å². The highest BCUT2D eigenvalue weighted by Crippen LogP contribution is 2.25. The maximum absolute atomic E-state index is 12.0. The van der Waals surface area contributed by atoms with Crippen LogP contribution in [0.5, 0.6) is 0 Å². The molecule has 1 amide bonds. The number of anilines is 1. The number of thiophene rings is 1. The van der Waals surface area contributed by atoms with Gasteiger partial charge in [-0.2, -0.15) is 0 Å². The quantitative estimate of drug-likeness (QED) is 0.829. The predicted octanol–water partition coefficient (Wildman–Crippen LogP) is 2.40. The third kappa shape index (κ3) is 2.90. The van der Waals surface area contributed by atoms with E-state index in [1.165, 1.54) is 0 Å². The number of hydrogen-bond acceptors (Lipinski definition) is 3. The van der Waals surface area contributed by atoms with Crippen molar-refractivity contribution in [2.45, 2.75) is 12.3 Å². The fourth-order valence-electron chi connectivity index (χ4n) is 1.88. The van der Waals surface area contributed by atoms with Crippen molar-refractivity contribution in [3.05, 3.63) is 52.2 Å². The van der Waals surface area contributed by atoms with Crippen LogP contribution in [0.4, 0.5) is 5.69 Å². The second-order valence-corrected chi connectivity index (χ2v) is 5.11. The lowest BCUT2D eigenvalue weighted by molar-refractivity contribution is -0.122. The van der Waals surface area contributed by atoms with Gasteiger partial charge in [-0.15, -0.1) is 11.3 Å². The van der Waals surface area contributed by atoms with Gasteiger partial charge < -0.3 is 11.1 Å². The van der Waals surface area contributed by atoms with Gasteiger partial charge in [-0.05, 0) is 35.6 Å². The van der Waals surface area contributed by atoms with E-state index in [9.17, 15) is 4.79 Å². The number of nitrogens with one attached hydrogen (secondary N) is 1. The fraction of sp³-hybridized carbons (Fsp3) is 0.214. The largest absolute Gasteiger partial charge is 0.399 e. The molecular weight excluding hydrogens is 244 g/mol. The van der Waals surface area contributed by atoms with Gasteiger partial charge in [0.2, 0.25) is 5.91 Å². The zero-order valence-corrected chi connectivity index (χ0v) is 11.0. The monoisotopic (exact) mass is 260 g/mol. The summed E-state index contributed by atoms with van der Waals surface area (Å²) in [5.41, 5.74) is 7.52. The first-order valence-electron chi connectivity index (χ1n) is 5.80. The molecule has 3 N–H and O–H groups in total. The van der Waals surface area contributed by atoms with Crippen molar-refractivity contribution in [3.63, 3.8) is 0 Å². The van der Waals surface area contributed by atoms with Crippen LogP contribution in [0.1, 0.15) is 16.4 Å². The summed E-state index contributed by atoms with van der Waals surface area (Å²) in [5, 5.41) is 4.72. The number of rotatable bonds is 4. The topological polar surface area (TPSA) is 55.1 Å². The molecule has 0 fully saturated rings. The third-order valence-corrected chi connectivity index (χ3v) is 3.86. The molecule has 1 aromatic heterocycles. The van der Waals surface area contributed by atoms with Crippen LogP contribution in [-0.2, 0) is 11.2 Å². The van der Waals surface area contributed by atoms with E-state index in [2.05, 4.69) is 5.32 Å². The Hall–Kier alpha value is -1.81. The van der Waals surface area contributed by atoms with Gasteiger partial charge in [-0.25, -0.2) is 0 Å². The lowest BCUT2D eigenvalue weighted by atomic mass is 9.97. The molecule has 0 radical (unpaired) electrons. The summed E-state index contributed by atoms with van der Waals surface area (Å²) in [4.78, 5) is 13.0. The minimum atomic E-state index is -0.126. The Morgan fingerprint density at radius 3 is 2.61 bits per heavy atom. The van der Waals surface area contributed by atoms with Gasteiger partial charge in [-0.1, -0.05) is 18.2 Å². The highest BCUT2D eigenvalue weighted by atomic mass is 32.1. The number of hydrogen-bond donors (Lipinski definition) is 2. The normalized spacial score (nSPS) is 12.1. The summed E-state index contributed by atoms with van der Waals surface area (Å²) in [6.45, 7) is 0. The zero-order chi connectivity index (χ0) is 13.0. The maximum Gasteiger partial charge on any atom is 0.228 e. The molecule has 2 rings (SSSR count). The average molecular weight is 260 g/mol. The molecule has 1 atom stereocenters. The van der Waals surface area contributed by atoms with E-state index >= 15 is 0 Å².